The number of aliphatic hydroxyl groups excluding tert-OH is 1. The van der Waals surface area contributed by atoms with Crippen LogP contribution in [0.4, 0.5) is 5.69 Å². The first-order chi connectivity index (χ1) is 8.44. The maximum Gasteiger partial charge on any atom is 0.142 e. The molecule has 1 saturated heterocycles. The second kappa shape index (κ2) is 4.98. The van der Waals surface area contributed by atoms with Crippen molar-refractivity contribution in [2.24, 2.45) is 0 Å². The maximum atomic E-state index is 9.81. The molecule has 0 radical (unpaired) electrons. The van der Waals surface area contributed by atoms with E-state index in [2.05, 4.69) is 18.7 Å². The number of methoxy groups -OCH3 is 1. The van der Waals surface area contributed by atoms with Gasteiger partial charge in [0.1, 0.15) is 5.75 Å². The molecule has 1 N–H and O–H groups in total. The first kappa shape index (κ1) is 13.5. The normalized spacial score (nSPS) is 22.9. The summed E-state index contributed by atoms with van der Waals surface area (Å²) in [4.78, 5) is 2.27. The van der Waals surface area contributed by atoms with Crippen molar-refractivity contribution in [3.05, 3.63) is 23.2 Å². The number of aliphatic hydroxyl groups is 1. The second-order valence-corrected chi connectivity index (χ2v) is 5.86. The highest BCUT2D eigenvalue weighted by Crippen LogP contribution is 2.39. The van der Waals surface area contributed by atoms with Crippen LogP contribution < -0.4 is 9.64 Å². The fourth-order valence-electron chi connectivity index (χ4n) is 2.69. The molecule has 0 aromatic heterocycles. The molecule has 1 aromatic carbocycles. The van der Waals surface area contributed by atoms with E-state index in [1.807, 2.05) is 18.2 Å². The Hall–Kier alpha value is -0.930. The zero-order chi connectivity index (χ0) is 13.3. The van der Waals surface area contributed by atoms with E-state index >= 15 is 0 Å². The summed E-state index contributed by atoms with van der Waals surface area (Å²) in [5, 5.41) is 10.5. The maximum absolute atomic E-state index is 9.81. The van der Waals surface area contributed by atoms with Crippen LogP contribution in [0.15, 0.2) is 18.2 Å². The smallest absolute Gasteiger partial charge is 0.142 e. The highest BCUT2D eigenvalue weighted by atomic mass is 35.5. The summed E-state index contributed by atoms with van der Waals surface area (Å²) in [5.74, 6) is 0.823. The van der Waals surface area contributed by atoms with Gasteiger partial charge in [0.15, 0.2) is 0 Å². The van der Waals surface area contributed by atoms with Crippen molar-refractivity contribution in [1.29, 1.82) is 0 Å². The number of nitrogens with zero attached hydrogens (tertiary/aromatic N) is 1. The topological polar surface area (TPSA) is 32.7 Å². The molecule has 3 nitrogen and oxygen atoms in total. The summed E-state index contributed by atoms with van der Waals surface area (Å²) < 4.78 is 5.41. The predicted molar refractivity (Wildman–Crippen MR) is 74.7 cm³/mol. The van der Waals surface area contributed by atoms with Gasteiger partial charge >= 0.3 is 0 Å². The highest BCUT2D eigenvalue weighted by molar-refractivity contribution is 6.30. The number of hydrogen-bond acceptors (Lipinski definition) is 3. The summed E-state index contributed by atoms with van der Waals surface area (Å²) >= 11 is 6.08. The lowest BCUT2D eigenvalue weighted by atomic mass is 9.88. The number of anilines is 1. The number of hydrogen-bond donors (Lipinski definition) is 1. The Labute approximate surface area is 113 Å². The van der Waals surface area contributed by atoms with Crippen LogP contribution in [0.1, 0.15) is 26.7 Å². The predicted octanol–water partition coefficient (Wildman–Crippen LogP) is 3.09. The van der Waals surface area contributed by atoms with Gasteiger partial charge in [-0.1, -0.05) is 11.6 Å². The van der Waals surface area contributed by atoms with E-state index in [4.69, 9.17) is 16.3 Å². The van der Waals surface area contributed by atoms with Gasteiger partial charge in [-0.05, 0) is 44.9 Å². The molecule has 0 spiro atoms. The molecule has 1 aliphatic heterocycles. The molecule has 1 aliphatic rings. The van der Waals surface area contributed by atoms with Gasteiger partial charge in [0.25, 0.3) is 0 Å². The van der Waals surface area contributed by atoms with Gasteiger partial charge in [-0.15, -0.1) is 0 Å². The molecule has 0 bridgehead atoms. The van der Waals surface area contributed by atoms with E-state index < -0.39 is 0 Å². The molecule has 2 rings (SSSR count). The summed E-state index contributed by atoms with van der Waals surface area (Å²) in [6.45, 7) is 5.08. The molecular weight excluding hydrogens is 250 g/mol. The fourth-order valence-corrected chi connectivity index (χ4v) is 2.86. The third-order valence-corrected chi connectivity index (χ3v) is 3.82. The quantitative estimate of drug-likeness (QED) is 0.896. The third kappa shape index (κ3) is 2.57. The van der Waals surface area contributed by atoms with Crippen molar-refractivity contribution in [2.45, 2.75) is 38.3 Å². The monoisotopic (exact) mass is 269 g/mol. The van der Waals surface area contributed by atoms with Crippen LogP contribution in [-0.2, 0) is 0 Å². The van der Waals surface area contributed by atoms with E-state index in [1.54, 1.807) is 7.11 Å². The van der Waals surface area contributed by atoms with Crippen molar-refractivity contribution in [1.82, 2.24) is 0 Å². The van der Waals surface area contributed by atoms with Crippen molar-refractivity contribution in [3.8, 4) is 5.75 Å². The van der Waals surface area contributed by atoms with E-state index in [-0.39, 0.29) is 11.6 Å². The van der Waals surface area contributed by atoms with Gasteiger partial charge in [-0.25, -0.2) is 0 Å². The minimum atomic E-state index is -0.221. The first-order valence-corrected chi connectivity index (χ1v) is 6.61. The molecule has 1 atom stereocenters. The van der Waals surface area contributed by atoms with Crippen LogP contribution in [0.25, 0.3) is 0 Å². The third-order valence-electron chi connectivity index (χ3n) is 3.58. The average Bonchev–Trinajstić information content (AvgIpc) is 2.27. The largest absolute Gasteiger partial charge is 0.495 e. The Bertz CT molecular complexity index is 434. The number of rotatable bonds is 2. The van der Waals surface area contributed by atoms with Gasteiger partial charge < -0.3 is 14.7 Å². The summed E-state index contributed by atoms with van der Waals surface area (Å²) in [6.07, 6.45) is 1.31. The van der Waals surface area contributed by atoms with Crippen LogP contribution in [-0.4, -0.2) is 30.4 Å². The standard InChI is InChI=1S/C14H20ClNO2/c1-14(2)9-11(17)6-7-16(14)12-8-10(15)4-5-13(12)18-3/h4-5,8,11,17H,6-7,9H2,1-3H3. The molecule has 1 unspecified atom stereocenters. The molecular formula is C14H20ClNO2. The van der Waals surface area contributed by atoms with E-state index in [0.717, 1.165) is 30.8 Å². The molecule has 4 heteroatoms. The highest BCUT2D eigenvalue weighted by Gasteiger charge is 2.35. The summed E-state index contributed by atoms with van der Waals surface area (Å²) in [7, 11) is 1.67. The second-order valence-electron chi connectivity index (χ2n) is 5.43. The molecule has 0 amide bonds. The number of ether oxygens (including phenoxy) is 1. The van der Waals surface area contributed by atoms with Crippen molar-refractivity contribution in [2.75, 3.05) is 18.6 Å². The van der Waals surface area contributed by atoms with Gasteiger partial charge in [0, 0.05) is 17.1 Å². The fraction of sp³-hybridized carbons (Fsp3) is 0.571. The Morgan fingerprint density at radius 1 is 1.44 bits per heavy atom. The van der Waals surface area contributed by atoms with Crippen molar-refractivity contribution >= 4 is 17.3 Å². The Morgan fingerprint density at radius 3 is 2.78 bits per heavy atom. The molecule has 1 aromatic rings. The summed E-state index contributed by atoms with van der Waals surface area (Å²) in [5.41, 5.74) is 0.900. The zero-order valence-electron chi connectivity index (χ0n) is 11.1. The molecule has 0 saturated carbocycles. The Morgan fingerprint density at radius 2 is 2.17 bits per heavy atom. The van der Waals surface area contributed by atoms with Crippen LogP contribution in [0, 0.1) is 0 Å². The zero-order valence-corrected chi connectivity index (χ0v) is 11.9. The minimum Gasteiger partial charge on any atom is -0.495 e. The summed E-state index contributed by atoms with van der Waals surface area (Å²) in [6, 6.07) is 5.65. The molecule has 1 heterocycles. The number of piperidine rings is 1. The SMILES string of the molecule is COc1ccc(Cl)cc1N1CCC(O)CC1(C)C. The Balaban J connectivity index is 2.38. The van der Waals surface area contributed by atoms with E-state index in [0.29, 0.717) is 5.02 Å². The van der Waals surface area contributed by atoms with Crippen molar-refractivity contribution in [3.63, 3.8) is 0 Å². The Kier molecular flexibility index (Phi) is 3.74. The van der Waals surface area contributed by atoms with Crippen LogP contribution >= 0.6 is 11.6 Å². The van der Waals surface area contributed by atoms with Gasteiger partial charge in [0.05, 0.1) is 18.9 Å². The lowest BCUT2D eigenvalue weighted by Crippen LogP contribution is -2.51. The minimum absolute atomic E-state index is 0.102. The molecule has 100 valence electrons. The molecule has 0 aliphatic carbocycles. The van der Waals surface area contributed by atoms with E-state index in [9.17, 15) is 5.11 Å². The first-order valence-electron chi connectivity index (χ1n) is 6.23. The van der Waals surface area contributed by atoms with Gasteiger partial charge in [0.2, 0.25) is 0 Å². The van der Waals surface area contributed by atoms with Gasteiger partial charge in [-0.2, -0.15) is 0 Å². The molecule has 1 fully saturated rings. The van der Waals surface area contributed by atoms with Gasteiger partial charge in [-0.3, -0.25) is 0 Å². The lowest BCUT2D eigenvalue weighted by Gasteiger charge is -2.46. The lowest BCUT2D eigenvalue weighted by molar-refractivity contribution is 0.107. The van der Waals surface area contributed by atoms with E-state index in [1.165, 1.54) is 0 Å². The molecule has 18 heavy (non-hydrogen) atoms. The van der Waals surface area contributed by atoms with Crippen LogP contribution in [0.2, 0.25) is 5.02 Å². The average molecular weight is 270 g/mol. The number of benzene rings is 1. The van der Waals surface area contributed by atoms with Crippen molar-refractivity contribution < 1.29 is 9.84 Å². The number of halogens is 1. The van der Waals surface area contributed by atoms with Crippen LogP contribution in [0.3, 0.4) is 0 Å². The van der Waals surface area contributed by atoms with Crippen LogP contribution in [0.5, 0.6) is 5.75 Å².